The van der Waals surface area contributed by atoms with Crippen molar-refractivity contribution < 1.29 is 35.0 Å². The molecule has 3 aliphatic rings. The first-order valence-corrected chi connectivity index (χ1v) is 10.4. The van der Waals surface area contributed by atoms with E-state index in [9.17, 15) is 25.5 Å². The summed E-state index contributed by atoms with van der Waals surface area (Å²) in [7, 11) is 0. The lowest BCUT2D eigenvalue weighted by atomic mass is 9.57. The molecule has 2 fully saturated rings. The van der Waals surface area contributed by atoms with Crippen LogP contribution in [0.3, 0.4) is 0 Å². The van der Waals surface area contributed by atoms with Crippen molar-refractivity contribution >= 4 is 0 Å². The molecule has 0 aromatic carbocycles. The molecule has 7 nitrogen and oxygen atoms in total. The first-order valence-electron chi connectivity index (χ1n) is 10.4. The van der Waals surface area contributed by atoms with Gasteiger partial charge >= 0.3 is 0 Å². The summed E-state index contributed by atoms with van der Waals surface area (Å²) < 4.78 is 11.7. The van der Waals surface area contributed by atoms with E-state index in [0.717, 1.165) is 19.3 Å². The zero-order valence-electron chi connectivity index (χ0n) is 17.3. The van der Waals surface area contributed by atoms with Crippen LogP contribution in [0.15, 0.2) is 11.6 Å². The third kappa shape index (κ3) is 4.03. The molecule has 1 saturated heterocycles. The maximum Gasteiger partial charge on any atom is 0.187 e. The molecular formula is C21H36O7. The van der Waals surface area contributed by atoms with Gasteiger partial charge in [0.25, 0.3) is 0 Å². The first-order chi connectivity index (χ1) is 13.0. The molecule has 162 valence electrons. The summed E-state index contributed by atoms with van der Waals surface area (Å²) in [6.45, 7) is 7.43. The average molecular weight is 401 g/mol. The Bertz CT molecular complexity index is 585. The van der Waals surface area contributed by atoms with Gasteiger partial charge in [-0.2, -0.15) is 0 Å². The molecule has 3 rings (SSSR count). The molecule has 9 atom stereocenters. The van der Waals surface area contributed by atoms with Gasteiger partial charge in [0.15, 0.2) is 6.29 Å². The van der Waals surface area contributed by atoms with Crippen LogP contribution in [0.5, 0.6) is 0 Å². The van der Waals surface area contributed by atoms with E-state index in [1.165, 1.54) is 5.57 Å². The Hall–Kier alpha value is -0.540. The number of rotatable bonds is 4. The minimum Gasteiger partial charge on any atom is -0.394 e. The van der Waals surface area contributed by atoms with Gasteiger partial charge in [-0.3, -0.25) is 0 Å². The summed E-state index contributed by atoms with van der Waals surface area (Å²) in [5.74, 6) is 0.394. The molecule has 0 radical (unpaired) electrons. The van der Waals surface area contributed by atoms with Gasteiger partial charge in [0.2, 0.25) is 0 Å². The standard InChI is InChI=1S/C21H36O7/c1-11-5-6-14-12(9-11)13(7-8-21(14,4)26)20(2,3)28-19-18(25)17(24)16(23)15(10-22)27-19/h9,12-19,22-26H,5-8,10H2,1-4H3/t12-,13+,14+,15+,16+,17-,18+,19-,21+/m0/s1. The van der Waals surface area contributed by atoms with Gasteiger partial charge in [-0.25, -0.2) is 0 Å². The normalized spacial score (nSPS) is 47.4. The van der Waals surface area contributed by atoms with E-state index in [0.29, 0.717) is 6.42 Å². The van der Waals surface area contributed by atoms with Crippen LogP contribution in [0.1, 0.15) is 53.4 Å². The van der Waals surface area contributed by atoms with Crippen LogP contribution < -0.4 is 0 Å². The van der Waals surface area contributed by atoms with Crippen molar-refractivity contribution in [2.45, 2.75) is 95.3 Å². The highest BCUT2D eigenvalue weighted by Gasteiger charge is 2.52. The molecular weight excluding hydrogens is 364 g/mol. The van der Waals surface area contributed by atoms with Crippen LogP contribution in [0.2, 0.25) is 0 Å². The van der Waals surface area contributed by atoms with Crippen molar-refractivity contribution in [1.29, 1.82) is 0 Å². The molecule has 2 aliphatic carbocycles. The Kier molecular flexibility index (Phi) is 6.29. The van der Waals surface area contributed by atoms with E-state index in [1.54, 1.807) is 0 Å². The number of ether oxygens (including phenoxy) is 2. The highest BCUT2D eigenvalue weighted by atomic mass is 16.7. The smallest absolute Gasteiger partial charge is 0.187 e. The molecule has 1 saturated carbocycles. The number of aliphatic hydroxyl groups is 5. The predicted octanol–water partition coefficient (Wildman–Crippen LogP) is 0.715. The van der Waals surface area contributed by atoms with Crippen LogP contribution in [0.4, 0.5) is 0 Å². The predicted molar refractivity (Wildman–Crippen MR) is 102 cm³/mol. The van der Waals surface area contributed by atoms with Gasteiger partial charge < -0.3 is 35.0 Å². The molecule has 0 aromatic rings. The van der Waals surface area contributed by atoms with E-state index < -0.39 is 48.5 Å². The van der Waals surface area contributed by atoms with E-state index >= 15 is 0 Å². The molecule has 1 heterocycles. The summed E-state index contributed by atoms with van der Waals surface area (Å²) in [6.07, 6.45) is -0.797. The van der Waals surface area contributed by atoms with Crippen molar-refractivity contribution in [3.05, 3.63) is 11.6 Å². The molecule has 0 amide bonds. The second kappa shape index (κ2) is 7.95. The van der Waals surface area contributed by atoms with Gasteiger partial charge in [0.1, 0.15) is 24.4 Å². The quantitative estimate of drug-likeness (QED) is 0.441. The van der Waals surface area contributed by atoms with E-state index in [4.69, 9.17) is 9.47 Å². The summed E-state index contributed by atoms with van der Waals surface area (Å²) in [4.78, 5) is 0. The molecule has 0 bridgehead atoms. The van der Waals surface area contributed by atoms with Gasteiger partial charge in [0.05, 0.1) is 17.8 Å². The topological polar surface area (TPSA) is 120 Å². The molecule has 0 aromatic heterocycles. The van der Waals surface area contributed by atoms with Gasteiger partial charge in [-0.1, -0.05) is 11.6 Å². The Balaban J connectivity index is 1.81. The van der Waals surface area contributed by atoms with Gasteiger partial charge in [0, 0.05) is 0 Å². The zero-order chi connectivity index (χ0) is 20.9. The Morgan fingerprint density at radius 3 is 2.50 bits per heavy atom. The fourth-order valence-electron chi connectivity index (χ4n) is 5.41. The SMILES string of the molecule is CC1=C[C@H]2[C@H](C(C)(C)O[C@@H]3O[C@H](CO)[C@@H](O)[C@H](O)[C@H]3O)CC[C@@](C)(O)[C@@H]2CC1. The van der Waals surface area contributed by atoms with E-state index in [1.807, 2.05) is 20.8 Å². The molecule has 1 aliphatic heterocycles. The highest BCUT2D eigenvalue weighted by Crippen LogP contribution is 2.51. The van der Waals surface area contributed by atoms with E-state index in [2.05, 4.69) is 13.0 Å². The van der Waals surface area contributed by atoms with Crippen molar-refractivity contribution in [1.82, 2.24) is 0 Å². The Morgan fingerprint density at radius 2 is 1.86 bits per heavy atom. The zero-order valence-corrected chi connectivity index (χ0v) is 17.3. The van der Waals surface area contributed by atoms with Crippen LogP contribution in [-0.2, 0) is 9.47 Å². The van der Waals surface area contributed by atoms with Gasteiger partial charge in [-0.15, -0.1) is 0 Å². The summed E-state index contributed by atoms with van der Waals surface area (Å²) >= 11 is 0. The molecule has 0 unspecified atom stereocenters. The van der Waals surface area contributed by atoms with Crippen molar-refractivity contribution in [3.63, 3.8) is 0 Å². The monoisotopic (exact) mass is 400 g/mol. The second-order valence-corrected chi connectivity index (χ2v) is 9.66. The summed E-state index contributed by atoms with van der Waals surface area (Å²) in [5, 5.41) is 50.7. The summed E-state index contributed by atoms with van der Waals surface area (Å²) in [5.41, 5.74) is -0.105. The lowest BCUT2D eigenvalue weighted by Crippen LogP contribution is -2.61. The third-order valence-electron chi connectivity index (χ3n) is 7.18. The Labute approximate surface area is 167 Å². The van der Waals surface area contributed by atoms with Crippen LogP contribution in [0, 0.1) is 17.8 Å². The minimum atomic E-state index is -1.46. The number of fused-ring (bicyclic) bond motifs is 1. The molecule has 28 heavy (non-hydrogen) atoms. The number of allylic oxidation sites excluding steroid dienone is 2. The summed E-state index contributed by atoms with van der Waals surface area (Å²) in [6, 6.07) is 0. The first kappa shape index (κ1) is 22.2. The number of hydrogen-bond acceptors (Lipinski definition) is 7. The van der Waals surface area contributed by atoms with Crippen molar-refractivity contribution in [3.8, 4) is 0 Å². The fourth-order valence-corrected chi connectivity index (χ4v) is 5.41. The van der Waals surface area contributed by atoms with Crippen molar-refractivity contribution in [2.75, 3.05) is 6.61 Å². The largest absolute Gasteiger partial charge is 0.394 e. The number of hydrogen-bond donors (Lipinski definition) is 5. The molecule has 7 heteroatoms. The van der Waals surface area contributed by atoms with Crippen molar-refractivity contribution in [2.24, 2.45) is 17.8 Å². The molecule has 0 spiro atoms. The molecule has 5 N–H and O–H groups in total. The lowest BCUT2D eigenvalue weighted by Gasteiger charge is -2.53. The van der Waals surface area contributed by atoms with Crippen LogP contribution in [0.25, 0.3) is 0 Å². The average Bonchev–Trinajstić information content (AvgIpc) is 2.61. The van der Waals surface area contributed by atoms with E-state index in [-0.39, 0.29) is 17.8 Å². The lowest BCUT2D eigenvalue weighted by molar-refractivity contribution is -0.332. The maximum absolute atomic E-state index is 10.9. The second-order valence-electron chi connectivity index (χ2n) is 9.66. The minimum absolute atomic E-state index is 0.0975. The highest BCUT2D eigenvalue weighted by molar-refractivity contribution is 5.15. The van der Waals surface area contributed by atoms with Crippen LogP contribution >= 0.6 is 0 Å². The third-order valence-corrected chi connectivity index (χ3v) is 7.18. The van der Waals surface area contributed by atoms with Crippen LogP contribution in [-0.4, -0.2) is 74.0 Å². The Morgan fingerprint density at radius 1 is 1.18 bits per heavy atom. The van der Waals surface area contributed by atoms with Gasteiger partial charge in [-0.05, 0) is 71.1 Å². The number of aliphatic hydroxyl groups excluding tert-OH is 4. The maximum atomic E-state index is 10.9. The fraction of sp³-hybridized carbons (Fsp3) is 0.905.